The molecule has 1 amide bonds. The quantitative estimate of drug-likeness (QED) is 0.869. The van der Waals surface area contributed by atoms with Crippen LogP contribution in [0.5, 0.6) is 0 Å². The van der Waals surface area contributed by atoms with Gasteiger partial charge < -0.3 is 9.47 Å². The summed E-state index contributed by atoms with van der Waals surface area (Å²) in [6.45, 7) is 7.51. The molecule has 0 spiro atoms. The number of rotatable bonds is 4. The molecule has 5 nitrogen and oxygen atoms in total. The van der Waals surface area contributed by atoms with Crippen LogP contribution in [0.1, 0.15) is 28.8 Å². The van der Waals surface area contributed by atoms with Gasteiger partial charge in [0.25, 0.3) is 5.91 Å². The van der Waals surface area contributed by atoms with E-state index in [1.54, 1.807) is 0 Å². The van der Waals surface area contributed by atoms with Gasteiger partial charge in [0.05, 0.1) is 11.4 Å². The molecule has 0 aromatic carbocycles. The van der Waals surface area contributed by atoms with E-state index >= 15 is 0 Å². The van der Waals surface area contributed by atoms with E-state index in [-0.39, 0.29) is 5.91 Å². The molecule has 0 unspecified atom stereocenters. The first-order valence-corrected chi connectivity index (χ1v) is 8.71. The van der Waals surface area contributed by atoms with Gasteiger partial charge in [0.1, 0.15) is 5.82 Å². The zero-order valence-electron chi connectivity index (χ0n) is 12.9. The summed E-state index contributed by atoms with van der Waals surface area (Å²) in [6, 6.07) is 3.85. The van der Waals surface area contributed by atoms with Gasteiger partial charge in [-0.1, -0.05) is 6.07 Å². The highest BCUT2D eigenvalue weighted by molar-refractivity contribution is 7.12. The second-order valence-electron chi connectivity index (χ2n) is 5.53. The summed E-state index contributed by atoms with van der Waals surface area (Å²) in [5, 5.41) is 1.96. The number of nitrogens with zero attached hydrogens (tertiary/aromatic N) is 4. The first-order chi connectivity index (χ1) is 10.8. The predicted molar refractivity (Wildman–Crippen MR) is 88.0 cm³/mol. The number of hydrogen-bond donors (Lipinski definition) is 0. The van der Waals surface area contributed by atoms with Crippen molar-refractivity contribution >= 4 is 17.2 Å². The normalized spacial score (nSPS) is 16.7. The molecule has 1 aliphatic rings. The fourth-order valence-electron chi connectivity index (χ4n) is 2.87. The minimum atomic E-state index is 0.173. The number of carbonyl (C=O) groups excluding carboxylic acids is 1. The Kier molecular flexibility index (Phi) is 4.90. The second kappa shape index (κ2) is 7.07. The van der Waals surface area contributed by atoms with Crippen molar-refractivity contribution in [3.63, 3.8) is 0 Å². The van der Waals surface area contributed by atoms with Gasteiger partial charge in [-0.25, -0.2) is 4.98 Å². The summed E-state index contributed by atoms with van der Waals surface area (Å²) in [5.74, 6) is 1.28. The second-order valence-corrected chi connectivity index (χ2v) is 6.48. The summed E-state index contributed by atoms with van der Waals surface area (Å²) in [4.78, 5) is 22.1. The van der Waals surface area contributed by atoms with Crippen molar-refractivity contribution in [3.8, 4) is 0 Å². The van der Waals surface area contributed by atoms with Crippen molar-refractivity contribution in [2.45, 2.75) is 26.4 Å². The Morgan fingerprint density at radius 1 is 1.32 bits per heavy atom. The van der Waals surface area contributed by atoms with Gasteiger partial charge in [0.15, 0.2) is 0 Å². The number of carbonyl (C=O) groups is 1. The number of aryl methyl sites for hydroxylation is 1. The van der Waals surface area contributed by atoms with Crippen LogP contribution in [0.2, 0.25) is 0 Å². The molecule has 0 bridgehead atoms. The lowest BCUT2D eigenvalue weighted by molar-refractivity contribution is 0.0766. The van der Waals surface area contributed by atoms with E-state index in [4.69, 9.17) is 0 Å². The first kappa shape index (κ1) is 15.2. The van der Waals surface area contributed by atoms with Crippen molar-refractivity contribution < 1.29 is 4.79 Å². The summed E-state index contributed by atoms with van der Waals surface area (Å²) in [7, 11) is 0. The molecule has 0 N–H and O–H groups in total. The van der Waals surface area contributed by atoms with E-state index in [2.05, 4.69) is 21.4 Å². The topological polar surface area (TPSA) is 41.4 Å². The monoisotopic (exact) mass is 318 g/mol. The number of aromatic nitrogens is 2. The third-order valence-corrected chi connectivity index (χ3v) is 4.97. The molecule has 6 heteroatoms. The van der Waals surface area contributed by atoms with Crippen LogP contribution in [-0.4, -0.2) is 51.4 Å². The Bertz CT molecular complexity index is 607. The Hall–Kier alpha value is -1.66. The van der Waals surface area contributed by atoms with Gasteiger partial charge in [-0.15, -0.1) is 11.3 Å². The molecule has 0 radical (unpaired) electrons. The predicted octanol–water partition coefficient (Wildman–Crippen LogP) is 2.31. The van der Waals surface area contributed by atoms with Gasteiger partial charge in [0.2, 0.25) is 0 Å². The zero-order chi connectivity index (χ0) is 15.4. The fraction of sp³-hybridized carbons (Fsp3) is 0.500. The minimum Gasteiger partial charge on any atom is -0.337 e. The lowest BCUT2D eigenvalue weighted by Gasteiger charge is -2.21. The summed E-state index contributed by atoms with van der Waals surface area (Å²) < 4.78 is 2.18. The van der Waals surface area contributed by atoms with E-state index in [1.807, 2.05) is 34.8 Å². The standard InChI is InChI=1S/C16H22N4OS/c1-2-19-9-6-17-15(19)13-18-7-4-8-20(11-10-18)16(21)14-5-3-12-22-14/h3,5-6,9,12H,2,4,7-8,10-11,13H2,1H3. The van der Waals surface area contributed by atoms with Crippen LogP contribution in [0, 0.1) is 0 Å². The van der Waals surface area contributed by atoms with Crippen molar-refractivity contribution in [2.75, 3.05) is 26.2 Å². The van der Waals surface area contributed by atoms with Crippen LogP contribution in [0.4, 0.5) is 0 Å². The SMILES string of the molecule is CCn1ccnc1CN1CCCN(C(=O)c2cccs2)CC1. The maximum Gasteiger partial charge on any atom is 0.263 e. The van der Waals surface area contributed by atoms with Gasteiger partial charge >= 0.3 is 0 Å². The van der Waals surface area contributed by atoms with E-state index in [0.717, 1.165) is 56.4 Å². The van der Waals surface area contributed by atoms with Crippen LogP contribution in [0.15, 0.2) is 29.9 Å². The van der Waals surface area contributed by atoms with Crippen LogP contribution in [0.25, 0.3) is 0 Å². The molecule has 118 valence electrons. The molecule has 1 fully saturated rings. The number of imidazole rings is 1. The lowest BCUT2D eigenvalue weighted by atomic mass is 10.3. The van der Waals surface area contributed by atoms with Crippen molar-refractivity contribution in [2.24, 2.45) is 0 Å². The molecule has 0 atom stereocenters. The van der Waals surface area contributed by atoms with Crippen LogP contribution < -0.4 is 0 Å². The molecule has 3 heterocycles. The molecule has 3 rings (SSSR count). The van der Waals surface area contributed by atoms with Crippen LogP contribution >= 0.6 is 11.3 Å². The summed E-state index contributed by atoms with van der Waals surface area (Å²) >= 11 is 1.52. The molecular formula is C16H22N4OS. The third kappa shape index (κ3) is 3.39. The Morgan fingerprint density at radius 3 is 3.00 bits per heavy atom. The van der Waals surface area contributed by atoms with E-state index < -0.39 is 0 Å². The highest BCUT2D eigenvalue weighted by Crippen LogP contribution is 2.15. The molecule has 22 heavy (non-hydrogen) atoms. The van der Waals surface area contributed by atoms with E-state index in [0.29, 0.717) is 0 Å². The lowest BCUT2D eigenvalue weighted by Crippen LogP contribution is -2.35. The Balaban J connectivity index is 1.59. The third-order valence-electron chi connectivity index (χ3n) is 4.12. The maximum absolute atomic E-state index is 12.4. The van der Waals surface area contributed by atoms with Crippen LogP contribution in [-0.2, 0) is 13.1 Å². The Labute approximate surface area is 135 Å². The largest absolute Gasteiger partial charge is 0.337 e. The van der Waals surface area contributed by atoms with Gasteiger partial charge in [-0.2, -0.15) is 0 Å². The number of thiophene rings is 1. The van der Waals surface area contributed by atoms with Crippen LogP contribution in [0.3, 0.4) is 0 Å². The molecule has 1 aliphatic heterocycles. The van der Waals surface area contributed by atoms with E-state index in [1.165, 1.54) is 11.3 Å². The molecule has 2 aromatic heterocycles. The smallest absolute Gasteiger partial charge is 0.263 e. The molecule has 0 aliphatic carbocycles. The van der Waals surface area contributed by atoms with Gasteiger partial charge in [-0.05, 0) is 24.8 Å². The molecule has 1 saturated heterocycles. The highest BCUT2D eigenvalue weighted by Gasteiger charge is 2.21. The highest BCUT2D eigenvalue weighted by atomic mass is 32.1. The molecule has 0 saturated carbocycles. The van der Waals surface area contributed by atoms with Gasteiger partial charge in [-0.3, -0.25) is 9.69 Å². The fourth-order valence-corrected chi connectivity index (χ4v) is 3.56. The average molecular weight is 318 g/mol. The molecular weight excluding hydrogens is 296 g/mol. The minimum absolute atomic E-state index is 0.173. The maximum atomic E-state index is 12.4. The first-order valence-electron chi connectivity index (χ1n) is 7.83. The molecule has 2 aromatic rings. The summed E-state index contributed by atoms with van der Waals surface area (Å²) in [6.07, 6.45) is 4.91. The van der Waals surface area contributed by atoms with Crippen molar-refractivity contribution in [1.82, 2.24) is 19.4 Å². The Morgan fingerprint density at radius 2 is 2.23 bits per heavy atom. The number of hydrogen-bond acceptors (Lipinski definition) is 4. The zero-order valence-corrected chi connectivity index (χ0v) is 13.8. The van der Waals surface area contributed by atoms with Crippen molar-refractivity contribution in [1.29, 1.82) is 0 Å². The van der Waals surface area contributed by atoms with Gasteiger partial charge in [0, 0.05) is 45.1 Å². The van der Waals surface area contributed by atoms with E-state index in [9.17, 15) is 4.79 Å². The van der Waals surface area contributed by atoms with Crippen molar-refractivity contribution in [3.05, 3.63) is 40.6 Å². The average Bonchev–Trinajstić information content (AvgIpc) is 3.15. The number of amides is 1. The summed E-state index contributed by atoms with van der Waals surface area (Å²) in [5.41, 5.74) is 0.